The van der Waals surface area contributed by atoms with E-state index in [4.69, 9.17) is 0 Å². The number of benzene rings is 2. The summed E-state index contributed by atoms with van der Waals surface area (Å²) in [7, 11) is -2.52. The van der Waals surface area contributed by atoms with Crippen molar-refractivity contribution in [3.63, 3.8) is 0 Å². The van der Waals surface area contributed by atoms with Crippen molar-refractivity contribution in [3.05, 3.63) is 80.8 Å². The van der Waals surface area contributed by atoms with Gasteiger partial charge < -0.3 is 5.32 Å². The molecule has 0 atom stereocenters. The average Bonchev–Trinajstić information content (AvgIpc) is 2.69. The fourth-order valence-corrected chi connectivity index (χ4v) is 3.55. The van der Waals surface area contributed by atoms with Gasteiger partial charge in [-0.1, -0.05) is 6.07 Å². The van der Waals surface area contributed by atoms with Gasteiger partial charge >= 0.3 is 0 Å². The second kappa shape index (κ2) is 9.18. The lowest BCUT2D eigenvalue weighted by Gasteiger charge is -2.12. The highest BCUT2D eigenvalue weighted by Crippen LogP contribution is 2.27. The maximum atomic E-state index is 14.6. The predicted molar refractivity (Wildman–Crippen MR) is 117 cm³/mol. The molecule has 1 aromatic heterocycles. The van der Waals surface area contributed by atoms with Gasteiger partial charge in [-0.3, -0.25) is 4.72 Å². The van der Waals surface area contributed by atoms with Crippen LogP contribution in [0.3, 0.4) is 0 Å². The zero-order valence-corrected chi connectivity index (χ0v) is 18.5. The maximum absolute atomic E-state index is 14.6. The fourth-order valence-electron chi connectivity index (χ4n) is 2.61. The van der Waals surface area contributed by atoms with Crippen molar-refractivity contribution < 1.29 is 21.6 Å². The lowest BCUT2D eigenvalue weighted by Crippen LogP contribution is -2.26. The van der Waals surface area contributed by atoms with Gasteiger partial charge in [-0.05, 0) is 70.1 Å². The van der Waals surface area contributed by atoms with Crippen LogP contribution in [0, 0.1) is 21.0 Å². The van der Waals surface area contributed by atoms with E-state index in [1.165, 1.54) is 43.6 Å². The summed E-state index contributed by atoms with van der Waals surface area (Å²) in [6.45, 7) is 0. The van der Waals surface area contributed by atoms with E-state index in [0.717, 1.165) is 0 Å². The highest BCUT2D eigenvalue weighted by atomic mass is 127. The SMILES string of the molecule is CNS(=O)(=O)Nc1cc(Cc2ccc(Nc3ccc(I)cc3F)c(F)c2F)ccn1. The molecule has 3 aromatic rings. The zero-order chi connectivity index (χ0) is 21.9. The summed E-state index contributed by atoms with van der Waals surface area (Å²) < 4.78 is 71.2. The van der Waals surface area contributed by atoms with E-state index < -0.39 is 27.7 Å². The third-order valence-corrected chi connectivity index (χ3v) is 5.78. The summed E-state index contributed by atoms with van der Waals surface area (Å²) in [6.07, 6.45) is 1.35. The maximum Gasteiger partial charge on any atom is 0.300 e. The fraction of sp³-hybridized carbons (Fsp3) is 0.105. The molecule has 0 unspecified atom stereocenters. The lowest BCUT2D eigenvalue weighted by atomic mass is 10.0. The first-order chi connectivity index (χ1) is 14.2. The molecule has 0 spiro atoms. The van der Waals surface area contributed by atoms with Gasteiger partial charge in [-0.2, -0.15) is 8.42 Å². The number of pyridine rings is 1. The summed E-state index contributed by atoms with van der Waals surface area (Å²) in [5.74, 6) is -2.77. The van der Waals surface area contributed by atoms with Gasteiger partial charge in [0.2, 0.25) is 0 Å². The zero-order valence-electron chi connectivity index (χ0n) is 15.5. The lowest BCUT2D eigenvalue weighted by molar-refractivity contribution is 0.503. The Bertz CT molecular complexity index is 1190. The van der Waals surface area contributed by atoms with E-state index in [1.807, 2.05) is 22.6 Å². The molecule has 6 nitrogen and oxygen atoms in total. The van der Waals surface area contributed by atoms with E-state index in [2.05, 4.69) is 19.7 Å². The first-order valence-corrected chi connectivity index (χ1v) is 11.1. The van der Waals surface area contributed by atoms with E-state index in [0.29, 0.717) is 9.13 Å². The molecule has 3 rings (SSSR count). The summed E-state index contributed by atoms with van der Waals surface area (Å²) >= 11 is 1.94. The van der Waals surface area contributed by atoms with Crippen molar-refractivity contribution in [2.45, 2.75) is 6.42 Å². The molecule has 0 aliphatic carbocycles. The van der Waals surface area contributed by atoms with Crippen LogP contribution in [0.4, 0.5) is 30.4 Å². The molecular formula is C19H16F3IN4O2S. The minimum absolute atomic E-state index is 0.00225. The van der Waals surface area contributed by atoms with Gasteiger partial charge in [0.25, 0.3) is 10.2 Å². The van der Waals surface area contributed by atoms with E-state index in [9.17, 15) is 21.6 Å². The number of hydrogen-bond acceptors (Lipinski definition) is 4. The van der Waals surface area contributed by atoms with Crippen LogP contribution in [-0.4, -0.2) is 20.4 Å². The van der Waals surface area contributed by atoms with E-state index >= 15 is 0 Å². The molecule has 30 heavy (non-hydrogen) atoms. The van der Waals surface area contributed by atoms with Crippen molar-refractivity contribution in [1.29, 1.82) is 0 Å². The Morgan fingerprint density at radius 2 is 1.73 bits per heavy atom. The minimum Gasteiger partial charge on any atom is -0.351 e. The Balaban J connectivity index is 1.82. The molecule has 0 fully saturated rings. The molecule has 0 saturated carbocycles. The van der Waals surface area contributed by atoms with Crippen molar-refractivity contribution in [2.75, 3.05) is 17.1 Å². The van der Waals surface area contributed by atoms with Crippen LogP contribution in [0.2, 0.25) is 0 Å². The second-order valence-corrected chi connectivity index (χ2v) is 9.05. The first kappa shape index (κ1) is 22.3. The highest BCUT2D eigenvalue weighted by Gasteiger charge is 2.16. The van der Waals surface area contributed by atoms with Crippen LogP contribution in [0.1, 0.15) is 11.1 Å². The van der Waals surface area contributed by atoms with Gasteiger partial charge in [0.05, 0.1) is 11.4 Å². The van der Waals surface area contributed by atoms with Gasteiger partial charge in [-0.15, -0.1) is 0 Å². The molecular weight excluding hydrogens is 532 g/mol. The number of nitrogens with zero attached hydrogens (tertiary/aromatic N) is 1. The monoisotopic (exact) mass is 548 g/mol. The largest absolute Gasteiger partial charge is 0.351 e. The van der Waals surface area contributed by atoms with Crippen LogP contribution in [0.25, 0.3) is 0 Å². The van der Waals surface area contributed by atoms with E-state index in [1.54, 1.807) is 12.1 Å². The van der Waals surface area contributed by atoms with Crippen molar-refractivity contribution in [1.82, 2.24) is 9.71 Å². The summed E-state index contributed by atoms with van der Waals surface area (Å²) in [5, 5.41) is 2.55. The van der Waals surface area contributed by atoms with Crippen molar-refractivity contribution in [3.8, 4) is 0 Å². The van der Waals surface area contributed by atoms with Crippen molar-refractivity contribution >= 4 is 50.0 Å². The Kier molecular flexibility index (Phi) is 6.83. The second-order valence-electron chi connectivity index (χ2n) is 6.19. The summed E-state index contributed by atoms with van der Waals surface area (Å²) in [5.41, 5.74) is 0.391. The first-order valence-electron chi connectivity index (χ1n) is 8.53. The van der Waals surface area contributed by atoms with Crippen LogP contribution in [0.15, 0.2) is 48.7 Å². The van der Waals surface area contributed by atoms with Crippen LogP contribution < -0.4 is 14.8 Å². The standard InChI is InChI=1S/C19H16F3IN4O2S/c1-24-30(28,29)27-17-9-11(6-7-25-17)8-12-2-4-16(19(22)18(12)21)26-15-5-3-13(23)10-14(15)20/h2-7,9-10,24,26H,8H2,1H3,(H,25,27). The Hall–Kier alpha value is -2.38. The van der Waals surface area contributed by atoms with Crippen LogP contribution >= 0.6 is 22.6 Å². The summed E-state index contributed by atoms with van der Waals surface area (Å²) in [6, 6.07) is 10.0. The van der Waals surface area contributed by atoms with Crippen molar-refractivity contribution in [2.24, 2.45) is 0 Å². The molecule has 0 amide bonds. The van der Waals surface area contributed by atoms with Gasteiger partial charge in [0.1, 0.15) is 11.6 Å². The molecule has 1 heterocycles. The number of nitrogens with one attached hydrogen (secondary N) is 3. The Morgan fingerprint density at radius 1 is 1.00 bits per heavy atom. The smallest absolute Gasteiger partial charge is 0.300 e. The molecule has 11 heteroatoms. The molecule has 2 aromatic carbocycles. The molecule has 0 saturated heterocycles. The number of rotatable bonds is 7. The number of anilines is 3. The van der Waals surface area contributed by atoms with E-state index in [-0.39, 0.29) is 29.2 Å². The predicted octanol–water partition coefficient (Wildman–Crippen LogP) is 4.31. The average molecular weight is 548 g/mol. The minimum atomic E-state index is -3.75. The Labute approximate surface area is 185 Å². The third kappa shape index (κ3) is 5.40. The summed E-state index contributed by atoms with van der Waals surface area (Å²) in [4.78, 5) is 3.89. The number of hydrogen-bond donors (Lipinski definition) is 3. The number of halogens is 4. The molecule has 0 aliphatic rings. The molecule has 0 radical (unpaired) electrons. The van der Waals surface area contributed by atoms with Crippen LogP contribution in [-0.2, 0) is 16.6 Å². The Morgan fingerprint density at radius 3 is 2.43 bits per heavy atom. The third-order valence-electron chi connectivity index (χ3n) is 4.09. The van der Waals surface area contributed by atoms with Crippen LogP contribution in [0.5, 0.6) is 0 Å². The topological polar surface area (TPSA) is 83.1 Å². The normalized spacial score (nSPS) is 11.4. The molecule has 0 bridgehead atoms. The van der Waals surface area contributed by atoms with Gasteiger partial charge in [0.15, 0.2) is 11.6 Å². The molecule has 158 valence electrons. The highest BCUT2D eigenvalue weighted by molar-refractivity contribution is 14.1. The van der Waals surface area contributed by atoms with Gasteiger partial charge in [0, 0.05) is 23.2 Å². The number of aromatic nitrogens is 1. The van der Waals surface area contributed by atoms with Gasteiger partial charge in [-0.25, -0.2) is 22.9 Å². The molecule has 3 N–H and O–H groups in total. The molecule has 0 aliphatic heterocycles. The quantitative estimate of drug-likeness (QED) is 0.385.